The maximum atomic E-state index is 11.2. The Kier molecular flexibility index (Phi) is 6.42. The summed E-state index contributed by atoms with van der Waals surface area (Å²) in [6.07, 6.45) is 6.12. The molecule has 0 aliphatic carbocycles. The Labute approximate surface area is 98.6 Å². The first kappa shape index (κ1) is 13.5. The van der Waals surface area contributed by atoms with Gasteiger partial charge in [0, 0.05) is 6.54 Å². The summed E-state index contributed by atoms with van der Waals surface area (Å²) in [5.74, 6) is -0.225. The quantitative estimate of drug-likeness (QED) is 0.703. The average molecular weight is 227 g/mol. The van der Waals surface area contributed by atoms with Gasteiger partial charge in [0.05, 0.1) is 6.04 Å². The highest BCUT2D eigenvalue weighted by atomic mass is 16.1. The number of hydrogen-bond acceptors (Lipinski definition) is 3. The minimum atomic E-state index is -0.225. The van der Waals surface area contributed by atoms with Crippen molar-refractivity contribution >= 4 is 5.91 Å². The number of likely N-dealkylation sites (N-methyl/N-ethyl adjacent to an activating group) is 1. The van der Waals surface area contributed by atoms with Crippen LogP contribution >= 0.6 is 0 Å². The SMILES string of the molecule is CCNC(CCN1CCCCCC1)C(N)=O. The molecule has 0 spiro atoms. The van der Waals surface area contributed by atoms with Crippen LogP contribution < -0.4 is 11.1 Å². The van der Waals surface area contributed by atoms with Gasteiger partial charge in [-0.15, -0.1) is 0 Å². The third kappa shape index (κ3) is 4.94. The highest BCUT2D eigenvalue weighted by Crippen LogP contribution is 2.10. The molecule has 1 rings (SSSR count). The molecule has 16 heavy (non-hydrogen) atoms. The third-order valence-electron chi connectivity index (χ3n) is 3.23. The van der Waals surface area contributed by atoms with Crippen LogP contribution in [0.15, 0.2) is 0 Å². The van der Waals surface area contributed by atoms with E-state index in [1.54, 1.807) is 0 Å². The number of nitrogens with zero attached hydrogens (tertiary/aromatic N) is 1. The topological polar surface area (TPSA) is 58.4 Å². The summed E-state index contributed by atoms with van der Waals surface area (Å²) in [5.41, 5.74) is 5.35. The first-order valence-electron chi connectivity index (χ1n) is 6.49. The van der Waals surface area contributed by atoms with E-state index in [9.17, 15) is 4.79 Å². The van der Waals surface area contributed by atoms with Crippen LogP contribution in [0.3, 0.4) is 0 Å². The van der Waals surface area contributed by atoms with Gasteiger partial charge in [0.1, 0.15) is 0 Å². The molecule has 94 valence electrons. The van der Waals surface area contributed by atoms with Crippen LogP contribution in [0.5, 0.6) is 0 Å². The fourth-order valence-electron chi connectivity index (χ4n) is 2.26. The molecular weight excluding hydrogens is 202 g/mol. The molecule has 0 aromatic rings. The van der Waals surface area contributed by atoms with E-state index in [-0.39, 0.29) is 11.9 Å². The van der Waals surface area contributed by atoms with Crippen LogP contribution in [0.1, 0.15) is 39.0 Å². The molecule has 1 aliphatic heterocycles. The number of nitrogens with two attached hydrogens (primary N) is 1. The van der Waals surface area contributed by atoms with Crippen molar-refractivity contribution in [2.75, 3.05) is 26.2 Å². The Hall–Kier alpha value is -0.610. The number of hydrogen-bond donors (Lipinski definition) is 2. The Morgan fingerprint density at radius 1 is 1.31 bits per heavy atom. The highest BCUT2D eigenvalue weighted by molar-refractivity contribution is 5.79. The molecule has 1 unspecified atom stereocenters. The van der Waals surface area contributed by atoms with Gasteiger partial charge in [0.15, 0.2) is 0 Å². The minimum Gasteiger partial charge on any atom is -0.368 e. The molecular formula is C12H25N3O. The summed E-state index contributed by atoms with van der Waals surface area (Å²) in [4.78, 5) is 13.6. The van der Waals surface area contributed by atoms with Gasteiger partial charge in [-0.3, -0.25) is 4.79 Å². The van der Waals surface area contributed by atoms with Crippen LogP contribution in [0.25, 0.3) is 0 Å². The van der Waals surface area contributed by atoms with Gasteiger partial charge in [-0.25, -0.2) is 0 Å². The molecule has 1 fully saturated rings. The van der Waals surface area contributed by atoms with E-state index in [0.29, 0.717) is 0 Å². The predicted octanol–water partition coefficient (Wildman–Crippen LogP) is 0.716. The summed E-state index contributed by atoms with van der Waals surface area (Å²) in [7, 11) is 0. The lowest BCUT2D eigenvalue weighted by molar-refractivity contribution is -0.120. The van der Waals surface area contributed by atoms with Crippen molar-refractivity contribution in [2.24, 2.45) is 5.73 Å². The standard InChI is InChI=1S/C12H25N3O/c1-2-14-11(12(13)16)7-10-15-8-5-3-4-6-9-15/h11,14H,2-10H2,1H3,(H2,13,16). The highest BCUT2D eigenvalue weighted by Gasteiger charge is 2.16. The maximum Gasteiger partial charge on any atom is 0.234 e. The van der Waals surface area contributed by atoms with Gasteiger partial charge in [0.2, 0.25) is 5.91 Å². The number of carbonyl (C=O) groups is 1. The molecule has 0 aromatic carbocycles. The van der Waals surface area contributed by atoms with Gasteiger partial charge in [-0.05, 0) is 38.9 Å². The summed E-state index contributed by atoms with van der Waals surface area (Å²) >= 11 is 0. The smallest absolute Gasteiger partial charge is 0.234 e. The zero-order chi connectivity index (χ0) is 11.8. The van der Waals surface area contributed by atoms with Crippen molar-refractivity contribution in [3.63, 3.8) is 0 Å². The van der Waals surface area contributed by atoms with Crippen molar-refractivity contribution < 1.29 is 4.79 Å². The Bertz CT molecular complexity index is 200. The molecule has 1 saturated heterocycles. The Morgan fingerprint density at radius 3 is 2.44 bits per heavy atom. The van der Waals surface area contributed by atoms with Crippen LogP contribution in [0, 0.1) is 0 Å². The van der Waals surface area contributed by atoms with E-state index >= 15 is 0 Å². The van der Waals surface area contributed by atoms with Crippen molar-refractivity contribution in [3.05, 3.63) is 0 Å². The van der Waals surface area contributed by atoms with Gasteiger partial charge >= 0.3 is 0 Å². The molecule has 4 heteroatoms. The Morgan fingerprint density at radius 2 is 1.94 bits per heavy atom. The molecule has 0 bridgehead atoms. The van der Waals surface area contributed by atoms with Crippen molar-refractivity contribution in [1.29, 1.82) is 0 Å². The molecule has 1 atom stereocenters. The van der Waals surface area contributed by atoms with Crippen LogP contribution in [0.2, 0.25) is 0 Å². The van der Waals surface area contributed by atoms with Crippen LogP contribution in [-0.4, -0.2) is 43.0 Å². The van der Waals surface area contributed by atoms with E-state index in [2.05, 4.69) is 10.2 Å². The zero-order valence-electron chi connectivity index (χ0n) is 10.4. The third-order valence-corrected chi connectivity index (χ3v) is 3.23. The summed E-state index contributed by atoms with van der Waals surface area (Å²) in [6, 6.07) is -0.159. The summed E-state index contributed by atoms with van der Waals surface area (Å²) < 4.78 is 0. The number of nitrogens with one attached hydrogen (secondary N) is 1. The van der Waals surface area contributed by atoms with E-state index in [1.165, 1.54) is 38.8 Å². The Balaban J connectivity index is 2.26. The van der Waals surface area contributed by atoms with Crippen molar-refractivity contribution in [3.8, 4) is 0 Å². The van der Waals surface area contributed by atoms with E-state index in [4.69, 9.17) is 5.73 Å². The van der Waals surface area contributed by atoms with Crippen molar-refractivity contribution in [1.82, 2.24) is 10.2 Å². The van der Waals surface area contributed by atoms with Crippen LogP contribution in [0.4, 0.5) is 0 Å². The van der Waals surface area contributed by atoms with E-state index in [0.717, 1.165) is 19.5 Å². The first-order valence-corrected chi connectivity index (χ1v) is 6.49. The van der Waals surface area contributed by atoms with Crippen LogP contribution in [-0.2, 0) is 4.79 Å². The lowest BCUT2D eigenvalue weighted by atomic mass is 10.2. The second kappa shape index (κ2) is 7.63. The maximum absolute atomic E-state index is 11.2. The second-order valence-corrected chi connectivity index (χ2v) is 4.56. The lowest BCUT2D eigenvalue weighted by Gasteiger charge is -2.22. The molecule has 0 radical (unpaired) electrons. The molecule has 3 N–H and O–H groups in total. The molecule has 0 aromatic heterocycles. The molecule has 1 aliphatic rings. The van der Waals surface area contributed by atoms with Gasteiger partial charge in [-0.2, -0.15) is 0 Å². The largest absolute Gasteiger partial charge is 0.368 e. The summed E-state index contributed by atoms with van der Waals surface area (Å²) in [6.45, 7) is 6.14. The first-order chi connectivity index (χ1) is 7.74. The predicted molar refractivity (Wildman–Crippen MR) is 66.2 cm³/mol. The molecule has 1 heterocycles. The van der Waals surface area contributed by atoms with Gasteiger partial charge in [0.25, 0.3) is 0 Å². The van der Waals surface area contributed by atoms with Crippen molar-refractivity contribution in [2.45, 2.75) is 45.1 Å². The van der Waals surface area contributed by atoms with Gasteiger partial charge in [-0.1, -0.05) is 19.8 Å². The lowest BCUT2D eigenvalue weighted by Crippen LogP contribution is -2.43. The fourth-order valence-corrected chi connectivity index (χ4v) is 2.26. The second-order valence-electron chi connectivity index (χ2n) is 4.56. The number of carbonyl (C=O) groups excluding carboxylic acids is 1. The number of likely N-dealkylation sites (tertiary alicyclic amines) is 1. The number of rotatable bonds is 6. The normalized spacial score (nSPS) is 20.3. The molecule has 4 nitrogen and oxygen atoms in total. The molecule has 0 saturated carbocycles. The number of primary amides is 1. The molecule has 1 amide bonds. The summed E-state index contributed by atoms with van der Waals surface area (Å²) in [5, 5.41) is 3.14. The fraction of sp³-hybridized carbons (Fsp3) is 0.917. The van der Waals surface area contributed by atoms with E-state index < -0.39 is 0 Å². The monoisotopic (exact) mass is 227 g/mol. The van der Waals surface area contributed by atoms with Gasteiger partial charge < -0.3 is 16.0 Å². The average Bonchev–Trinajstić information content (AvgIpc) is 2.52. The van der Waals surface area contributed by atoms with E-state index in [1.807, 2.05) is 6.92 Å². The zero-order valence-corrected chi connectivity index (χ0v) is 10.4. The number of amides is 1. The minimum absolute atomic E-state index is 0.159.